The van der Waals surface area contributed by atoms with Gasteiger partial charge in [0.15, 0.2) is 0 Å². The summed E-state index contributed by atoms with van der Waals surface area (Å²) in [5.74, 6) is 1.80. The first-order valence-corrected chi connectivity index (χ1v) is 9.50. The molecule has 0 spiro atoms. The molecule has 0 saturated carbocycles. The number of rotatable bonds is 3. The summed E-state index contributed by atoms with van der Waals surface area (Å²) in [6, 6.07) is 20.7. The van der Waals surface area contributed by atoms with Crippen molar-refractivity contribution in [3.63, 3.8) is 0 Å². The Morgan fingerprint density at radius 2 is 2.04 bits per heavy atom. The Labute approximate surface area is 156 Å². The van der Waals surface area contributed by atoms with E-state index in [1.807, 2.05) is 24.3 Å². The minimum atomic E-state index is -0.182. The Balaban J connectivity index is 1.58. The molecule has 5 heteroatoms. The average Bonchev–Trinajstić information content (AvgIpc) is 3.37. The van der Waals surface area contributed by atoms with Crippen molar-refractivity contribution in [2.75, 3.05) is 7.11 Å². The Morgan fingerprint density at radius 1 is 1.12 bits per heavy atom. The molecule has 0 unspecified atom stereocenters. The summed E-state index contributed by atoms with van der Waals surface area (Å²) >= 11 is 1.70. The molecule has 0 fully saturated rings. The summed E-state index contributed by atoms with van der Waals surface area (Å²) in [5.41, 5.74) is 3.36. The lowest BCUT2D eigenvalue weighted by atomic mass is 9.96. The van der Waals surface area contributed by atoms with Crippen LogP contribution in [0.4, 0.5) is 0 Å². The van der Waals surface area contributed by atoms with Gasteiger partial charge in [-0.1, -0.05) is 36.4 Å². The number of fused-ring (bicyclic) bond motifs is 3. The highest BCUT2D eigenvalue weighted by Crippen LogP contribution is 2.48. The maximum absolute atomic E-state index is 6.32. The van der Waals surface area contributed by atoms with Crippen LogP contribution in [0, 0.1) is 0 Å². The lowest BCUT2D eigenvalue weighted by Gasteiger charge is -2.37. The van der Waals surface area contributed by atoms with E-state index in [-0.39, 0.29) is 12.3 Å². The molecule has 0 radical (unpaired) electrons. The van der Waals surface area contributed by atoms with Gasteiger partial charge in [-0.3, -0.25) is 0 Å². The molecule has 4 nitrogen and oxygen atoms in total. The van der Waals surface area contributed by atoms with Crippen LogP contribution in [0.1, 0.15) is 34.7 Å². The molecule has 2 aliphatic heterocycles. The van der Waals surface area contributed by atoms with Gasteiger partial charge in [0, 0.05) is 17.5 Å². The molecular formula is C21H18N2O2S. The molecule has 26 heavy (non-hydrogen) atoms. The van der Waals surface area contributed by atoms with Crippen LogP contribution in [0.15, 0.2) is 71.1 Å². The van der Waals surface area contributed by atoms with Crippen molar-refractivity contribution in [1.29, 1.82) is 0 Å². The number of ether oxygens (including phenoxy) is 2. The van der Waals surface area contributed by atoms with E-state index >= 15 is 0 Å². The van der Waals surface area contributed by atoms with Crippen LogP contribution < -0.4 is 9.47 Å². The monoisotopic (exact) mass is 362 g/mol. The molecule has 0 bridgehead atoms. The van der Waals surface area contributed by atoms with E-state index in [1.165, 1.54) is 10.4 Å². The van der Waals surface area contributed by atoms with Gasteiger partial charge in [0.25, 0.3) is 0 Å². The molecule has 3 heterocycles. The number of thiophene rings is 1. The highest BCUT2D eigenvalue weighted by atomic mass is 32.1. The molecule has 2 atom stereocenters. The van der Waals surface area contributed by atoms with Crippen molar-refractivity contribution in [2.24, 2.45) is 5.10 Å². The number of para-hydroxylation sites is 1. The first-order valence-electron chi connectivity index (χ1n) is 8.63. The standard InChI is InChI=1S/C21H18N2O2S/c1-24-15-7-4-6-14(12-15)17-13-18-16-8-2-3-9-19(16)25-21(23(18)22-17)20-10-5-11-26-20/h2-12,18,21H,13H2,1H3/t18-,21-/m0/s1. The molecule has 0 N–H and O–H groups in total. The van der Waals surface area contributed by atoms with Crippen LogP contribution in [0.5, 0.6) is 11.5 Å². The third-order valence-electron chi connectivity index (χ3n) is 4.89. The summed E-state index contributed by atoms with van der Waals surface area (Å²) in [4.78, 5) is 1.17. The lowest BCUT2D eigenvalue weighted by Crippen LogP contribution is -2.33. The van der Waals surface area contributed by atoms with Gasteiger partial charge in [-0.25, -0.2) is 5.01 Å². The zero-order chi connectivity index (χ0) is 17.5. The van der Waals surface area contributed by atoms with Gasteiger partial charge in [0.05, 0.1) is 23.7 Å². The van der Waals surface area contributed by atoms with Crippen molar-refractivity contribution >= 4 is 17.0 Å². The Morgan fingerprint density at radius 3 is 2.88 bits per heavy atom. The molecular weight excluding hydrogens is 344 g/mol. The van der Waals surface area contributed by atoms with Gasteiger partial charge in [-0.2, -0.15) is 5.10 Å². The number of hydrogen-bond donors (Lipinski definition) is 0. The van der Waals surface area contributed by atoms with E-state index in [9.17, 15) is 0 Å². The van der Waals surface area contributed by atoms with E-state index in [1.54, 1.807) is 18.4 Å². The van der Waals surface area contributed by atoms with Crippen LogP contribution in [-0.4, -0.2) is 17.8 Å². The van der Waals surface area contributed by atoms with Gasteiger partial charge in [0.2, 0.25) is 6.23 Å². The topological polar surface area (TPSA) is 34.1 Å². The Kier molecular flexibility index (Phi) is 3.68. The van der Waals surface area contributed by atoms with E-state index in [4.69, 9.17) is 14.6 Å². The predicted octanol–water partition coefficient (Wildman–Crippen LogP) is 5.00. The fourth-order valence-electron chi connectivity index (χ4n) is 3.63. The zero-order valence-electron chi connectivity index (χ0n) is 14.3. The molecule has 0 saturated heterocycles. The molecule has 130 valence electrons. The lowest BCUT2D eigenvalue weighted by molar-refractivity contribution is -0.0165. The molecule has 0 aliphatic carbocycles. The van der Waals surface area contributed by atoms with Crippen LogP contribution in [0.25, 0.3) is 0 Å². The van der Waals surface area contributed by atoms with E-state index in [0.29, 0.717) is 0 Å². The average molecular weight is 362 g/mol. The van der Waals surface area contributed by atoms with E-state index < -0.39 is 0 Å². The molecule has 0 amide bonds. The number of hydrazone groups is 1. The fraction of sp³-hybridized carbons (Fsp3) is 0.190. The SMILES string of the molecule is COc1cccc(C2=NN3[C@@H](C2)c2ccccc2O[C@H]3c2cccs2)c1. The molecule has 2 aliphatic rings. The van der Waals surface area contributed by atoms with Crippen molar-refractivity contribution in [2.45, 2.75) is 18.7 Å². The van der Waals surface area contributed by atoms with Crippen molar-refractivity contribution in [1.82, 2.24) is 5.01 Å². The number of nitrogens with zero attached hydrogens (tertiary/aromatic N) is 2. The minimum absolute atomic E-state index is 0.182. The van der Waals surface area contributed by atoms with Crippen LogP contribution in [0.2, 0.25) is 0 Å². The smallest absolute Gasteiger partial charge is 0.222 e. The largest absolute Gasteiger partial charge is 0.497 e. The Hall–Kier alpha value is -2.79. The van der Waals surface area contributed by atoms with Gasteiger partial charge in [-0.15, -0.1) is 11.3 Å². The quantitative estimate of drug-likeness (QED) is 0.658. The molecule has 3 aromatic rings. The van der Waals surface area contributed by atoms with Gasteiger partial charge in [-0.05, 0) is 29.6 Å². The summed E-state index contributed by atoms with van der Waals surface area (Å²) in [6.07, 6.45) is 0.674. The van der Waals surface area contributed by atoms with Crippen molar-refractivity contribution in [3.05, 3.63) is 82.0 Å². The first kappa shape index (κ1) is 15.5. The summed E-state index contributed by atoms with van der Waals surface area (Å²) < 4.78 is 11.7. The fourth-order valence-corrected chi connectivity index (χ4v) is 4.37. The highest BCUT2D eigenvalue weighted by molar-refractivity contribution is 7.10. The summed E-state index contributed by atoms with van der Waals surface area (Å²) in [6.45, 7) is 0. The number of methoxy groups -OCH3 is 1. The summed E-state index contributed by atoms with van der Waals surface area (Å²) in [5, 5.41) is 9.16. The van der Waals surface area contributed by atoms with Gasteiger partial charge < -0.3 is 9.47 Å². The third-order valence-corrected chi connectivity index (χ3v) is 5.79. The number of benzene rings is 2. The predicted molar refractivity (Wildman–Crippen MR) is 103 cm³/mol. The number of hydrogen-bond acceptors (Lipinski definition) is 5. The van der Waals surface area contributed by atoms with Gasteiger partial charge in [0.1, 0.15) is 11.5 Å². The van der Waals surface area contributed by atoms with Gasteiger partial charge >= 0.3 is 0 Å². The molecule has 5 rings (SSSR count). The molecule has 1 aromatic heterocycles. The summed E-state index contributed by atoms with van der Waals surface area (Å²) in [7, 11) is 1.69. The maximum Gasteiger partial charge on any atom is 0.222 e. The molecule has 2 aromatic carbocycles. The van der Waals surface area contributed by atoms with E-state index in [2.05, 4.69) is 46.8 Å². The second-order valence-electron chi connectivity index (χ2n) is 6.40. The minimum Gasteiger partial charge on any atom is -0.497 e. The Bertz CT molecular complexity index is 968. The third kappa shape index (κ3) is 2.47. The second kappa shape index (κ2) is 6.18. The maximum atomic E-state index is 6.32. The van der Waals surface area contributed by atoms with Crippen LogP contribution >= 0.6 is 11.3 Å². The first-order chi connectivity index (χ1) is 12.8. The van der Waals surface area contributed by atoms with Crippen LogP contribution in [-0.2, 0) is 0 Å². The van der Waals surface area contributed by atoms with Crippen molar-refractivity contribution in [3.8, 4) is 11.5 Å². The van der Waals surface area contributed by atoms with E-state index in [0.717, 1.165) is 29.2 Å². The second-order valence-corrected chi connectivity index (χ2v) is 7.38. The highest BCUT2D eigenvalue weighted by Gasteiger charge is 2.41. The van der Waals surface area contributed by atoms with Crippen molar-refractivity contribution < 1.29 is 9.47 Å². The zero-order valence-corrected chi connectivity index (χ0v) is 15.1. The normalized spacial score (nSPS) is 20.8. The van der Waals surface area contributed by atoms with Crippen LogP contribution in [0.3, 0.4) is 0 Å².